The molecule has 0 saturated carbocycles. The van der Waals surface area contributed by atoms with E-state index in [1.54, 1.807) is 0 Å². The standard InChI is InChI=1S/C5H14O3S/c1-3-4-5-9(6,7)8-2/h6-7H,3-5H2,1-2H3. The third-order valence-corrected chi connectivity index (χ3v) is 2.39. The predicted molar refractivity (Wildman–Crippen MR) is 39.6 cm³/mol. The summed E-state index contributed by atoms with van der Waals surface area (Å²) in [5, 5.41) is 0. The maximum Gasteiger partial charge on any atom is 0.0833 e. The molecule has 0 fully saturated rings. The molecule has 0 bridgehead atoms. The smallest absolute Gasteiger partial charge is 0.0833 e. The maximum atomic E-state index is 8.87. The highest BCUT2D eigenvalue weighted by atomic mass is 32.3. The first-order valence-electron chi connectivity index (χ1n) is 2.94. The van der Waals surface area contributed by atoms with Crippen LogP contribution in [0.4, 0.5) is 0 Å². The average Bonchev–Trinajstić information content (AvgIpc) is 1.84. The van der Waals surface area contributed by atoms with Gasteiger partial charge in [0.05, 0.1) is 18.0 Å². The molecule has 0 rings (SSSR count). The Morgan fingerprint density at radius 3 is 2.33 bits per heavy atom. The zero-order valence-corrected chi connectivity index (χ0v) is 6.65. The molecule has 0 aliphatic carbocycles. The zero-order valence-electron chi connectivity index (χ0n) is 5.83. The molecule has 0 spiro atoms. The van der Waals surface area contributed by atoms with E-state index in [-0.39, 0.29) is 0 Å². The molecule has 0 aromatic carbocycles. The normalized spacial score (nSPS) is 13.8. The number of rotatable bonds is 4. The monoisotopic (exact) mass is 154 g/mol. The summed E-state index contributed by atoms with van der Waals surface area (Å²) in [5.74, 6) is 0.361. The highest BCUT2D eigenvalue weighted by Gasteiger charge is 2.12. The van der Waals surface area contributed by atoms with Gasteiger partial charge in [0.1, 0.15) is 0 Å². The van der Waals surface area contributed by atoms with Gasteiger partial charge < -0.3 is 9.11 Å². The summed E-state index contributed by atoms with van der Waals surface area (Å²) in [6.45, 7) is 1.99. The van der Waals surface area contributed by atoms with Gasteiger partial charge >= 0.3 is 0 Å². The van der Waals surface area contributed by atoms with E-state index >= 15 is 0 Å². The van der Waals surface area contributed by atoms with Gasteiger partial charge in [-0.1, -0.05) is 13.3 Å². The molecule has 0 aliphatic heterocycles. The van der Waals surface area contributed by atoms with E-state index in [1.807, 2.05) is 6.92 Å². The molecule has 3 nitrogen and oxygen atoms in total. The molecule has 0 amide bonds. The Bertz CT molecular complexity index is 74.6. The first kappa shape index (κ1) is 9.23. The van der Waals surface area contributed by atoms with Gasteiger partial charge in [0.15, 0.2) is 0 Å². The topological polar surface area (TPSA) is 49.7 Å². The quantitative estimate of drug-likeness (QED) is 0.652. The molecule has 4 heteroatoms. The summed E-state index contributed by atoms with van der Waals surface area (Å²) < 4.78 is 22.2. The van der Waals surface area contributed by atoms with Crippen molar-refractivity contribution in [1.82, 2.24) is 0 Å². The summed E-state index contributed by atoms with van der Waals surface area (Å²) in [7, 11) is -1.37. The van der Waals surface area contributed by atoms with Crippen molar-refractivity contribution in [2.45, 2.75) is 19.8 Å². The lowest BCUT2D eigenvalue weighted by molar-refractivity contribution is 0.317. The lowest BCUT2D eigenvalue weighted by atomic mass is 10.4. The fraction of sp³-hybridized carbons (Fsp3) is 1.00. The minimum atomic E-state index is -2.68. The fourth-order valence-corrected chi connectivity index (χ4v) is 1.25. The molecule has 0 atom stereocenters. The van der Waals surface area contributed by atoms with Crippen LogP contribution < -0.4 is 0 Å². The lowest BCUT2D eigenvalue weighted by Crippen LogP contribution is -2.03. The van der Waals surface area contributed by atoms with Crippen LogP contribution in [0, 0.1) is 0 Å². The van der Waals surface area contributed by atoms with Gasteiger partial charge in [-0.2, -0.15) is 0 Å². The fourth-order valence-electron chi connectivity index (χ4n) is 0.416. The molecular weight excluding hydrogens is 140 g/mol. The Hall–Kier alpha value is 0.230. The lowest BCUT2D eigenvalue weighted by Gasteiger charge is -2.23. The Morgan fingerprint density at radius 2 is 2.00 bits per heavy atom. The molecule has 0 unspecified atom stereocenters. The van der Waals surface area contributed by atoms with E-state index < -0.39 is 10.9 Å². The Kier molecular flexibility index (Phi) is 4.22. The summed E-state index contributed by atoms with van der Waals surface area (Å²) >= 11 is 0. The van der Waals surface area contributed by atoms with Gasteiger partial charge in [-0.15, -0.1) is 0 Å². The van der Waals surface area contributed by atoms with Crippen LogP contribution in [0.25, 0.3) is 0 Å². The molecule has 0 aromatic rings. The third kappa shape index (κ3) is 4.72. The molecular formula is C5H14O3S. The van der Waals surface area contributed by atoms with E-state index in [0.29, 0.717) is 5.75 Å². The van der Waals surface area contributed by atoms with Gasteiger partial charge in [-0.3, -0.25) is 4.18 Å². The van der Waals surface area contributed by atoms with Gasteiger partial charge in [0.25, 0.3) is 0 Å². The van der Waals surface area contributed by atoms with Gasteiger partial charge in [0.2, 0.25) is 0 Å². The van der Waals surface area contributed by atoms with Crippen LogP contribution in [0.3, 0.4) is 0 Å². The molecule has 9 heavy (non-hydrogen) atoms. The largest absolute Gasteiger partial charge is 0.308 e. The van der Waals surface area contributed by atoms with Crippen molar-refractivity contribution in [2.75, 3.05) is 12.9 Å². The number of unbranched alkanes of at least 4 members (excludes halogenated alkanes) is 1. The van der Waals surface area contributed by atoms with E-state index in [2.05, 4.69) is 4.18 Å². The van der Waals surface area contributed by atoms with Crippen LogP contribution in [0.2, 0.25) is 0 Å². The van der Waals surface area contributed by atoms with E-state index in [1.165, 1.54) is 7.11 Å². The van der Waals surface area contributed by atoms with Gasteiger partial charge in [-0.05, 0) is 6.42 Å². The van der Waals surface area contributed by atoms with Gasteiger partial charge in [-0.25, -0.2) is 0 Å². The van der Waals surface area contributed by atoms with E-state index in [4.69, 9.17) is 9.11 Å². The van der Waals surface area contributed by atoms with Crippen LogP contribution in [0.15, 0.2) is 0 Å². The highest BCUT2D eigenvalue weighted by Crippen LogP contribution is 2.39. The van der Waals surface area contributed by atoms with Crippen molar-refractivity contribution in [3.05, 3.63) is 0 Å². The molecule has 0 aromatic heterocycles. The van der Waals surface area contributed by atoms with Crippen LogP contribution in [-0.2, 0) is 4.18 Å². The second-order valence-electron chi connectivity index (χ2n) is 1.83. The van der Waals surface area contributed by atoms with Crippen LogP contribution in [0.1, 0.15) is 19.8 Å². The molecule has 0 aliphatic rings. The van der Waals surface area contributed by atoms with Gasteiger partial charge in [0, 0.05) is 5.75 Å². The Labute approximate surface area is 57.6 Å². The minimum Gasteiger partial charge on any atom is -0.308 e. The summed E-state index contributed by atoms with van der Waals surface area (Å²) in [4.78, 5) is 0. The number of hydrogen-bond donors (Lipinski definition) is 2. The minimum absolute atomic E-state index is 0.361. The Morgan fingerprint density at radius 1 is 1.44 bits per heavy atom. The molecule has 0 saturated heterocycles. The van der Waals surface area contributed by atoms with Crippen molar-refractivity contribution in [3.8, 4) is 0 Å². The van der Waals surface area contributed by atoms with E-state index in [0.717, 1.165) is 12.8 Å². The van der Waals surface area contributed by atoms with Crippen molar-refractivity contribution in [1.29, 1.82) is 0 Å². The second kappa shape index (κ2) is 4.11. The zero-order chi connectivity index (χ0) is 7.33. The summed E-state index contributed by atoms with van der Waals surface area (Å²) in [5.41, 5.74) is 0. The van der Waals surface area contributed by atoms with Crippen LogP contribution >= 0.6 is 10.9 Å². The highest BCUT2D eigenvalue weighted by molar-refractivity contribution is 8.20. The summed E-state index contributed by atoms with van der Waals surface area (Å²) in [6.07, 6.45) is 1.76. The van der Waals surface area contributed by atoms with Crippen molar-refractivity contribution >= 4 is 10.9 Å². The second-order valence-corrected chi connectivity index (χ2v) is 3.79. The van der Waals surface area contributed by atoms with Crippen molar-refractivity contribution in [2.24, 2.45) is 0 Å². The molecule has 0 radical (unpaired) electrons. The molecule has 0 heterocycles. The SMILES string of the molecule is CCCCS(O)(O)OC. The van der Waals surface area contributed by atoms with Crippen LogP contribution in [-0.4, -0.2) is 22.0 Å². The molecule has 58 valence electrons. The maximum absolute atomic E-state index is 8.87. The number of hydrogen-bond acceptors (Lipinski definition) is 3. The molecule has 2 N–H and O–H groups in total. The van der Waals surface area contributed by atoms with Crippen molar-refractivity contribution in [3.63, 3.8) is 0 Å². The van der Waals surface area contributed by atoms with Crippen LogP contribution in [0.5, 0.6) is 0 Å². The first-order chi connectivity index (χ1) is 4.12. The Balaban J connectivity index is 3.33. The predicted octanol–water partition coefficient (Wildman–Crippen LogP) is 2.10. The summed E-state index contributed by atoms with van der Waals surface area (Å²) in [6, 6.07) is 0. The third-order valence-electron chi connectivity index (χ3n) is 1.03. The van der Waals surface area contributed by atoms with Crippen molar-refractivity contribution < 1.29 is 13.3 Å². The van der Waals surface area contributed by atoms with E-state index in [9.17, 15) is 0 Å². The first-order valence-corrected chi connectivity index (χ1v) is 4.58. The average molecular weight is 154 g/mol.